The number of H-pyrrole nitrogens is 1. The molecule has 8 nitrogen and oxygen atoms in total. The number of carbonyl (C=O) groups is 2. The van der Waals surface area contributed by atoms with Crippen molar-refractivity contribution in [1.29, 1.82) is 5.26 Å². The molecular weight excluding hydrogens is 396 g/mol. The topological polar surface area (TPSA) is 116 Å². The van der Waals surface area contributed by atoms with Gasteiger partial charge in [0.1, 0.15) is 23.2 Å². The van der Waals surface area contributed by atoms with Gasteiger partial charge in [0.15, 0.2) is 0 Å². The Balaban J connectivity index is 1.49. The zero-order valence-corrected chi connectivity index (χ0v) is 17.9. The molecule has 0 radical (unpaired) electrons. The summed E-state index contributed by atoms with van der Waals surface area (Å²) in [4.78, 5) is 29.0. The standard InChI is InChI=1S/C23H28N4O4/c1-30-14-9-18-16(21(10-14)31-2)11-19(25-18)23(29)26-17-6-4-3-5-15(17)22(28)27-20(12-24)13-7-8-13/h9-11,13,15,17,20,25H,3-8H2,1-2H3,(H,26,29)(H,27,28)/t15-,17?,20-/m1/s1. The molecule has 2 amide bonds. The van der Waals surface area contributed by atoms with E-state index in [1.165, 1.54) is 0 Å². The number of ether oxygens (including phenoxy) is 2. The lowest BCUT2D eigenvalue weighted by Gasteiger charge is -2.31. The van der Waals surface area contributed by atoms with Crippen molar-refractivity contribution >= 4 is 22.7 Å². The first-order valence-corrected chi connectivity index (χ1v) is 10.8. The fourth-order valence-corrected chi connectivity index (χ4v) is 4.40. The van der Waals surface area contributed by atoms with E-state index in [9.17, 15) is 14.9 Å². The first kappa shape index (κ1) is 21.0. The van der Waals surface area contributed by atoms with E-state index in [1.807, 2.05) is 6.07 Å². The van der Waals surface area contributed by atoms with Crippen LogP contribution < -0.4 is 20.1 Å². The lowest BCUT2D eigenvalue weighted by molar-refractivity contribution is -0.127. The minimum Gasteiger partial charge on any atom is -0.497 e. The Labute approximate surface area is 181 Å². The van der Waals surface area contributed by atoms with Gasteiger partial charge < -0.3 is 25.1 Å². The highest BCUT2D eigenvalue weighted by molar-refractivity contribution is 6.00. The van der Waals surface area contributed by atoms with Gasteiger partial charge in [0.2, 0.25) is 5.91 Å². The molecular formula is C23H28N4O4. The summed E-state index contributed by atoms with van der Waals surface area (Å²) in [5.41, 5.74) is 1.14. The van der Waals surface area contributed by atoms with Crippen LogP contribution in [0, 0.1) is 23.2 Å². The number of hydrogen-bond acceptors (Lipinski definition) is 5. The highest BCUT2D eigenvalue weighted by Gasteiger charge is 2.37. The number of hydrogen-bond donors (Lipinski definition) is 3. The number of methoxy groups -OCH3 is 2. The Hall–Kier alpha value is -3.21. The predicted octanol–water partition coefficient (Wildman–Crippen LogP) is 2.89. The van der Waals surface area contributed by atoms with Crippen molar-refractivity contribution in [1.82, 2.24) is 15.6 Å². The molecule has 0 saturated heterocycles. The summed E-state index contributed by atoms with van der Waals surface area (Å²) in [6.45, 7) is 0. The van der Waals surface area contributed by atoms with E-state index in [0.29, 0.717) is 23.6 Å². The summed E-state index contributed by atoms with van der Waals surface area (Å²) in [6, 6.07) is 6.84. The molecule has 3 N–H and O–H groups in total. The van der Waals surface area contributed by atoms with E-state index in [0.717, 1.165) is 43.0 Å². The van der Waals surface area contributed by atoms with Crippen molar-refractivity contribution in [3.8, 4) is 17.6 Å². The molecule has 1 aromatic heterocycles. The van der Waals surface area contributed by atoms with Crippen molar-refractivity contribution < 1.29 is 19.1 Å². The summed E-state index contributed by atoms with van der Waals surface area (Å²) in [5.74, 6) is 0.787. The lowest BCUT2D eigenvalue weighted by Crippen LogP contribution is -2.50. The van der Waals surface area contributed by atoms with Crippen LogP contribution in [0.5, 0.6) is 11.5 Å². The molecule has 1 heterocycles. The normalized spacial score (nSPS) is 21.7. The third-order valence-corrected chi connectivity index (χ3v) is 6.32. The van der Waals surface area contributed by atoms with E-state index >= 15 is 0 Å². The predicted molar refractivity (Wildman–Crippen MR) is 115 cm³/mol. The number of nitriles is 1. The number of amides is 2. The summed E-state index contributed by atoms with van der Waals surface area (Å²) >= 11 is 0. The Bertz CT molecular complexity index is 1020. The molecule has 1 aromatic carbocycles. The van der Waals surface area contributed by atoms with E-state index in [4.69, 9.17) is 9.47 Å². The van der Waals surface area contributed by atoms with Crippen LogP contribution in [0.2, 0.25) is 0 Å². The maximum Gasteiger partial charge on any atom is 0.267 e. The second kappa shape index (κ2) is 8.88. The fraction of sp³-hybridized carbons (Fsp3) is 0.522. The Morgan fingerprint density at radius 3 is 2.58 bits per heavy atom. The largest absolute Gasteiger partial charge is 0.497 e. The maximum absolute atomic E-state index is 13.0. The van der Waals surface area contributed by atoms with Gasteiger partial charge in [-0.1, -0.05) is 12.8 Å². The number of rotatable bonds is 7. The highest BCUT2D eigenvalue weighted by atomic mass is 16.5. The van der Waals surface area contributed by atoms with Crippen molar-refractivity contribution in [3.05, 3.63) is 23.9 Å². The van der Waals surface area contributed by atoms with E-state index < -0.39 is 6.04 Å². The van der Waals surface area contributed by atoms with Gasteiger partial charge >= 0.3 is 0 Å². The lowest BCUT2D eigenvalue weighted by atomic mass is 9.83. The van der Waals surface area contributed by atoms with Crippen LogP contribution in [0.4, 0.5) is 0 Å². The van der Waals surface area contributed by atoms with Crippen LogP contribution in [0.25, 0.3) is 10.9 Å². The molecule has 0 spiro atoms. The third kappa shape index (κ3) is 4.46. The Kier molecular flexibility index (Phi) is 6.03. The van der Waals surface area contributed by atoms with Gasteiger partial charge in [-0.15, -0.1) is 0 Å². The van der Waals surface area contributed by atoms with Crippen molar-refractivity contribution in [2.45, 2.75) is 50.6 Å². The first-order chi connectivity index (χ1) is 15.0. The van der Waals surface area contributed by atoms with Crippen molar-refractivity contribution in [3.63, 3.8) is 0 Å². The third-order valence-electron chi connectivity index (χ3n) is 6.32. The van der Waals surface area contributed by atoms with E-state index in [-0.39, 0.29) is 29.7 Å². The average molecular weight is 425 g/mol. The minimum atomic E-state index is -0.429. The molecule has 2 aliphatic rings. The highest BCUT2D eigenvalue weighted by Crippen LogP contribution is 2.34. The number of benzene rings is 1. The molecule has 2 aliphatic carbocycles. The van der Waals surface area contributed by atoms with Gasteiger partial charge in [-0.25, -0.2) is 0 Å². The molecule has 3 atom stereocenters. The number of fused-ring (bicyclic) bond motifs is 1. The fourth-order valence-electron chi connectivity index (χ4n) is 4.40. The van der Waals surface area contributed by atoms with E-state index in [2.05, 4.69) is 21.7 Å². The van der Waals surface area contributed by atoms with Crippen LogP contribution in [-0.2, 0) is 4.79 Å². The molecule has 0 bridgehead atoms. The average Bonchev–Trinajstić information content (AvgIpc) is 3.54. The monoisotopic (exact) mass is 424 g/mol. The van der Waals surface area contributed by atoms with Gasteiger partial charge in [0, 0.05) is 23.6 Å². The molecule has 4 rings (SSSR count). The van der Waals surface area contributed by atoms with E-state index in [1.54, 1.807) is 26.4 Å². The molecule has 2 aromatic rings. The van der Waals surface area contributed by atoms with Crippen LogP contribution in [0.3, 0.4) is 0 Å². The Morgan fingerprint density at radius 1 is 1.13 bits per heavy atom. The molecule has 8 heteroatoms. The molecule has 164 valence electrons. The van der Waals surface area contributed by atoms with Crippen LogP contribution in [0.15, 0.2) is 18.2 Å². The number of nitrogens with zero attached hydrogens (tertiary/aromatic N) is 1. The number of aromatic nitrogens is 1. The summed E-state index contributed by atoms with van der Waals surface area (Å²) in [6.07, 6.45) is 5.31. The van der Waals surface area contributed by atoms with Gasteiger partial charge in [-0.05, 0) is 37.7 Å². The summed E-state index contributed by atoms with van der Waals surface area (Å²) in [5, 5.41) is 16.1. The van der Waals surface area contributed by atoms with Crippen LogP contribution >= 0.6 is 0 Å². The quantitative estimate of drug-likeness (QED) is 0.632. The van der Waals surface area contributed by atoms with Gasteiger partial charge in [-0.3, -0.25) is 9.59 Å². The molecule has 0 aliphatic heterocycles. The Morgan fingerprint density at radius 2 is 1.90 bits per heavy atom. The number of carbonyl (C=O) groups excluding carboxylic acids is 2. The molecule has 2 fully saturated rings. The number of nitrogens with one attached hydrogen (secondary N) is 3. The summed E-state index contributed by atoms with van der Waals surface area (Å²) < 4.78 is 10.7. The van der Waals surface area contributed by atoms with Crippen molar-refractivity contribution in [2.24, 2.45) is 11.8 Å². The summed E-state index contributed by atoms with van der Waals surface area (Å²) in [7, 11) is 3.15. The maximum atomic E-state index is 13.0. The van der Waals surface area contributed by atoms with Gasteiger partial charge in [0.05, 0.1) is 31.7 Å². The van der Waals surface area contributed by atoms with Gasteiger partial charge in [-0.2, -0.15) is 5.26 Å². The zero-order valence-electron chi connectivity index (χ0n) is 17.9. The zero-order chi connectivity index (χ0) is 22.0. The number of aromatic amines is 1. The van der Waals surface area contributed by atoms with Crippen molar-refractivity contribution in [2.75, 3.05) is 14.2 Å². The second-order valence-electron chi connectivity index (χ2n) is 8.40. The molecule has 31 heavy (non-hydrogen) atoms. The smallest absolute Gasteiger partial charge is 0.267 e. The van der Waals surface area contributed by atoms with Crippen LogP contribution in [-0.4, -0.2) is 43.1 Å². The van der Waals surface area contributed by atoms with Crippen LogP contribution in [0.1, 0.15) is 49.0 Å². The molecule has 2 saturated carbocycles. The van der Waals surface area contributed by atoms with Gasteiger partial charge in [0.25, 0.3) is 5.91 Å². The molecule has 1 unspecified atom stereocenters. The SMILES string of the molecule is COc1cc(OC)c2cc(C(=O)NC3CCCC[C@H]3C(=O)N[C@H](C#N)C3CC3)[nH]c2c1. The minimum absolute atomic E-state index is 0.133. The second-order valence-corrected chi connectivity index (χ2v) is 8.40. The first-order valence-electron chi connectivity index (χ1n) is 10.8.